The number of carboxylic acids is 2. The largest absolute Gasteiger partial charge is 0.549 e. The van der Waals surface area contributed by atoms with Gasteiger partial charge in [-0.3, -0.25) is 4.55 Å². The molecule has 32 heavy (non-hydrogen) atoms. The van der Waals surface area contributed by atoms with Crippen LogP contribution in [0.5, 0.6) is 0 Å². The molecule has 10 heteroatoms. The number of hydrogen-bond donors (Lipinski definition) is 3. The number of unbranched alkanes of at least 4 members (excludes halogenated alkanes) is 6. The summed E-state index contributed by atoms with van der Waals surface area (Å²) in [6, 6.07) is 0. The molecule has 0 rings (SSSR count). The van der Waals surface area contributed by atoms with Crippen LogP contribution in [0.4, 0.5) is 0 Å². The van der Waals surface area contributed by atoms with Gasteiger partial charge in [-0.15, -0.1) is 0 Å². The Hall–Kier alpha value is -1.23. The third kappa shape index (κ3) is 13.3. The molecule has 0 amide bonds. The molecule has 0 aromatic heterocycles. The molecule has 0 radical (unpaired) electrons. The second kappa shape index (κ2) is 17.3. The maximum atomic E-state index is 12.1. The van der Waals surface area contributed by atoms with Crippen molar-refractivity contribution in [2.75, 3.05) is 0 Å². The van der Waals surface area contributed by atoms with E-state index in [2.05, 4.69) is 27.7 Å². The van der Waals surface area contributed by atoms with Crippen LogP contribution >= 0.6 is 0 Å². The maximum absolute atomic E-state index is 12.1. The molecule has 1 atom stereocenters. The molecular formula is C22H48N2O7S. The monoisotopic (exact) mass is 484 g/mol. The lowest BCUT2D eigenvalue weighted by Gasteiger charge is -2.41. The predicted molar refractivity (Wildman–Crippen MR) is 125 cm³/mol. The third-order valence-corrected chi connectivity index (χ3v) is 6.97. The van der Waals surface area contributed by atoms with Crippen molar-refractivity contribution in [3.63, 3.8) is 0 Å². The van der Waals surface area contributed by atoms with Crippen molar-refractivity contribution >= 4 is 22.1 Å². The number of rotatable bonds is 18. The van der Waals surface area contributed by atoms with Gasteiger partial charge in [0.05, 0.1) is 5.97 Å². The van der Waals surface area contributed by atoms with Gasteiger partial charge in [-0.25, -0.2) is 0 Å². The summed E-state index contributed by atoms with van der Waals surface area (Å²) in [5, 5.41) is 21.1. The molecule has 0 aliphatic rings. The molecule has 0 aromatic carbocycles. The molecular weight excluding hydrogens is 436 g/mol. The SMILES string of the molecule is CC(C)CCCCCCC(CCCCCCC(C)C)(C(=O)[O-])C(C(=O)[O-])S(=O)(=O)O.[NH4+].[NH4+]. The van der Waals surface area contributed by atoms with Gasteiger partial charge in [0.2, 0.25) is 0 Å². The fraction of sp³-hybridized carbons (Fsp3) is 0.909. The highest BCUT2D eigenvalue weighted by Gasteiger charge is 2.47. The number of hydrogen-bond acceptors (Lipinski definition) is 6. The van der Waals surface area contributed by atoms with Gasteiger partial charge in [0.1, 0.15) is 5.25 Å². The van der Waals surface area contributed by atoms with E-state index in [1.54, 1.807) is 0 Å². The number of carbonyl (C=O) groups is 2. The van der Waals surface area contributed by atoms with Crippen LogP contribution in [-0.4, -0.2) is 30.2 Å². The Kier molecular flexibility index (Phi) is 19.1. The fourth-order valence-corrected chi connectivity index (χ4v) is 5.17. The number of quaternary nitrogens is 2. The van der Waals surface area contributed by atoms with E-state index in [0.717, 1.165) is 38.5 Å². The van der Waals surface area contributed by atoms with Crippen LogP contribution in [0.15, 0.2) is 0 Å². The van der Waals surface area contributed by atoms with E-state index in [4.69, 9.17) is 0 Å². The Morgan fingerprint density at radius 3 is 1.34 bits per heavy atom. The summed E-state index contributed by atoms with van der Waals surface area (Å²) in [7, 11) is -5.17. The molecule has 9 nitrogen and oxygen atoms in total. The van der Waals surface area contributed by atoms with Crippen LogP contribution in [0.3, 0.4) is 0 Å². The van der Waals surface area contributed by atoms with Crippen molar-refractivity contribution < 1.29 is 32.8 Å². The number of carbonyl (C=O) groups excluding carboxylic acids is 2. The van der Waals surface area contributed by atoms with Crippen LogP contribution in [0, 0.1) is 17.3 Å². The van der Waals surface area contributed by atoms with Crippen LogP contribution in [-0.2, 0) is 19.7 Å². The molecule has 0 aromatic rings. The molecule has 0 fully saturated rings. The minimum atomic E-state index is -5.17. The molecule has 0 saturated heterocycles. The molecule has 194 valence electrons. The fourth-order valence-electron chi connectivity index (χ4n) is 4.02. The van der Waals surface area contributed by atoms with Gasteiger partial charge >= 0.3 is 0 Å². The Balaban J connectivity index is -0.00000420. The summed E-state index contributed by atoms with van der Waals surface area (Å²) in [5.41, 5.74) is -2.19. The topological polar surface area (TPSA) is 208 Å². The van der Waals surface area contributed by atoms with E-state index < -0.39 is 32.7 Å². The van der Waals surface area contributed by atoms with Gasteiger partial charge in [0, 0.05) is 11.4 Å². The lowest BCUT2D eigenvalue weighted by molar-refractivity contribution is -0.328. The molecule has 0 aliphatic carbocycles. The molecule has 0 aliphatic heterocycles. The van der Waals surface area contributed by atoms with E-state index in [9.17, 15) is 32.8 Å². The third-order valence-electron chi connectivity index (χ3n) is 5.73. The zero-order valence-corrected chi connectivity index (χ0v) is 21.8. The molecule has 0 spiro atoms. The zero-order valence-electron chi connectivity index (χ0n) is 21.0. The Morgan fingerprint density at radius 2 is 1.09 bits per heavy atom. The lowest BCUT2D eigenvalue weighted by atomic mass is 9.74. The van der Waals surface area contributed by atoms with E-state index in [1.165, 1.54) is 0 Å². The summed E-state index contributed by atoms with van der Waals surface area (Å²) >= 11 is 0. The second-order valence-electron chi connectivity index (χ2n) is 9.35. The van der Waals surface area contributed by atoms with Crippen molar-refractivity contribution in [2.24, 2.45) is 17.3 Å². The van der Waals surface area contributed by atoms with Gasteiger partial charge in [-0.05, 0) is 24.7 Å². The predicted octanol–water partition coefficient (Wildman–Crippen LogP) is 3.47. The summed E-state index contributed by atoms with van der Waals surface area (Å²) in [6.07, 6.45) is 7.34. The first kappa shape index (κ1) is 35.4. The van der Waals surface area contributed by atoms with Crippen LogP contribution in [0.2, 0.25) is 0 Å². The van der Waals surface area contributed by atoms with Gasteiger partial charge in [-0.1, -0.05) is 91.9 Å². The van der Waals surface area contributed by atoms with E-state index in [1.807, 2.05) is 0 Å². The second-order valence-corrected chi connectivity index (χ2v) is 10.9. The van der Waals surface area contributed by atoms with Gasteiger partial charge < -0.3 is 32.1 Å². The lowest BCUT2D eigenvalue weighted by Crippen LogP contribution is -2.59. The van der Waals surface area contributed by atoms with Crippen molar-refractivity contribution in [3.8, 4) is 0 Å². The van der Waals surface area contributed by atoms with Gasteiger partial charge in [0.15, 0.2) is 0 Å². The quantitative estimate of drug-likeness (QED) is 0.194. The molecule has 9 N–H and O–H groups in total. The normalized spacial score (nSPS) is 12.8. The van der Waals surface area contributed by atoms with Gasteiger partial charge in [0.25, 0.3) is 10.1 Å². The van der Waals surface area contributed by atoms with E-state index in [-0.39, 0.29) is 25.1 Å². The molecule has 0 heterocycles. The first-order chi connectivity index (χ1) is 13.8. The first-order valence-electron chi connectivity index (χ1n) is 11.2. The summed E-state index contributed by atoms with van der Waals surface area (Å²) < 4.78 is 33.1. The maximum Gasteiger partial charge on any atom is 0.274 e. The molecule has 0 bridgehead atoms. The van der Waals surface area contributed by atoms with Crippen molar-refractivity contribution in [3.05, 3.63) is 0 Å². The highest BCUT2D eigenvalue weighted by Crippen LogP contribution is 2.38. The summed E-state index contributed by atoms with van der Waals surface area (Å²) in [6.45, 7) is 8.44. The zero-order chi connectivity index (χ0) is 23.4. The number of aliphatic carboxylic acids is 2. The average Bonchev–Trinajstić information content (AvgIpc) is 2.58. The van der Waals surface area contributed by atoms with Crippen molar-refractivity contribution in [1.29, 1.82) is 0 Å². The molecule has 0 saturated carbocycles. The van der Waals surface area contributed by atoms with Crippen molar-refractivity contribution in [2.45, 2.75) is 110 Å². The molecule has 1 unspecified atom stereocenters. The summed E-state index contributed by atoms with van der Waals surface area (Å²) in [5.74, 6) is -2.73. The minimum Gasteiger partial charge on any atom is -0.549 e. The van der Waals surface area contributed by atoms with Crippen LogP contribution in [0.25, 0.3) is 0 Å². The van der Waals surface area contributed by atoms with E-state index >= 15 is 0 Å². The Labute approximate surface area is 194 Å². The van der Waals surface area contributed by atoms with E-state index in [0.29, 0.717) is 37.5 Å². The minimum absolute atomic E-state index is 0. The highest BCUT2D eigenvalue weighted by molar-refractivity contribution is 7.87. The summed E-state index contributed by atoms with van der Waals surface area (Å²) in [4.78, 5) is 23.6. The van der Waals surface area contributed by atoms with Gasteiger partial charge in [-0.2, -0.15) is 8.42 Å². The number of carboxylic acid groups (broad SMARTS) is 2. The smallest absolute Gasteiger partial charge is 0.274 e. The standard InChI is InChI=1S/C22H42O7S.2H3N/c1-17(2)13-9-5-7-11-15-22(21(25)26,19(20(23)24)30(27,28)29)16-12-8-6-10-14-18(3)4;;/h17-19H,5-16H2,1-4H3,(H,23,24)(H,25,26)(H,27,28,29);2*1H3. The van der Waals surface area contributed by atoms with Crippen molar-refractivity contribution in [1.82, 2.24) is 12.3 Å². The van der Waals surface area contributed by atoms with Crippen LogP contribution < -0.4 is 22.5 Å². The first-order valence-corrected chi connectivity index (χ1v) is 12.7. The van der Waals surface area contributed by atoms with Crippen LogP contribution in [0.1, 0.15) is 105 Å². The highest BCUT2D eigenvalue weighted by atomic mass is 32.2. The Bertz CT molecular complexity index is 602. The average molecular weight is 485 g/mol. The Morgan fingerprint density at radius 1 is 0.750 bits per heavy atom.